The van der Waals surface area contributed by atoms with Crippen LogP contribution in [0.3, 0.4) is 0 Å². The van der Waals surface area contributed by atoms with Crippen LogP contribution in [0.2, 0.25) is 0 Å². The Morgan fingerprint density at radius 3 is 0.722 bits per heavy atom. The summed E-state index contributed by atoms with van der Waals surface area (Å²) in [5.41, 5.74) is 0. The normalized spacial score (nSPS) is 12.4. The van der Waals surface area contributed by atoms with E-state index in [1.165, 1.54) is 186 Å². The van der Waals surface area contributed by atoms with Crippen molar-refractivity contribution in [1.82, 2.24) is 0 Å². The summed E-state index contributed by atoms with van der Waals surface area (Å²) < 4.78 is 0. The highest BCUT2D eigenvalue weighted by molar-refractivity contribution is 4.55. The zero-order valence-corrected chi connectivity index (χ0v) is 25.1. The summed E-state index contributed by atoms with van der Waals surface area (Å²) in [6, 6.07) is 0. The van der Waals surface area contributed by atoms with Crippen molar-refractivity contribution >= 4 is 0 Å². The van der Waals surface area contributed by atoms with Gasteiger partial charge in [-0.1, -0.05) is 200 Å². The molecular formula is C34H70O2. The fourth-order valence-corrected chi connectivity index (χ4v) is 5.49. The molecular weight excluding hydrogens is 440 g/mol. The maximum Gasteiger partial charge on any atom is 0.0770 e. The van der Waals surface area contributed by atoms with Crippen LogP contribution in [0.1, 0.15) is 206 Å². The highest BCUT2D eigenvalue weighted by Crippen LogP contribution is 2.16. The summed E-state index contributed by atoms with van der Waals surface area (Å²) in [4.78, 5) is 0. The predicted octanol–water partition coefficient (Wildman–Crippen LogP) is 11.5. The third kappa shape index (κ3) is 31.9. The van der Waals surface area contributed by atoms with Crippen LogP contribution in [-0.2, 0) is 0 Å². The number of aliphatic hydroxyl groups is 2. The lowest BCUT2D eigenvalue weighted by Gasteiger charge is -2.06. The molecule has 2 N–H and O–H groups in total. The maximum atomic E-state index is 9.31. The standard InChI is InChI=1S/C34H70O2/c1-2-3-4-5-6-7-8-9-10-11-12-13-14-15-16-17-18-19-20-21-22-23-24-25-26-27-28-29-30-31-32-34(36)33-35/h34-36H,2-33H2,1H3. The largest absolute Gasteiger partial charge is 0.394 e. The fraction of sp³-hybridized carbons (Fsp3) is 1.00. The van der Waals surface area contributed by atoms with Crippen molar-refractivity contribution in [3.63, 3.8) is 0 Å². The minimum atomic E-state index is -0.496. The molecule has 0 rings (SSSR count). The van der Waals surface area contributed by atoms with Gasteiger partial charge in [0.05, 0.1) is 12.7 Å². The van der Waals surface area contributed by atoms with Crippen LogP contribution in [0, 0.1) is 0 Å². The number of unbranched alkanes of at least 4 members (excludes halogenated alkanes) is 29. The summed E-state index contributed by atoms with van der Waals surface area (Å²) in [6.45, 7) is 2.22. The molecule has 0 amide bonds. The van der Waals surface area contributed by atoms with Gasteiger partial charge in [-0.15, -0.1) is 0 Å². The molecule has 0 aliphatic heterocycles. The van der Waals surface area contributed by atoms with E-state index in [9.17, 15) is 5.11 Å². The van der Waals surface area contributed by atoms with Gasteiger partial charge in [0.1, 0.15) is 0 Å². The van der Waals surface area contributed by atoms with Crippen LogP contribution >= 0.6 is 0 Å². The third-order valence-electron chi connectivity index (χ3n) is 8.10. The Kier molecular flexibility index (Phi) is 32.9. The molecule has 2 nitrogen and oxygen atoms in total. The molecule has 0 aromatic carbocycles. The second kappa shape index (κ2) is 32.9. The number of rotatable bonds is 32. The molecule has 0 aromatic heterocycles. The first-order valence-electron chi connectivity index (χ1n) is 17.1. The van der Waals surface area contributed by atoms with Crippen molar-refractivity contribution in [3.05, 3.63) is 0 Å². The Morgan fingerprint density at radius 2 is 0.528 bits per heavy atom. The van der Waals surface area contributed by atoms with Crippen molar-refractivity contribution in [2.45, 2.75) is 212 Å². The number of hydrogen-bond donors (Lipinski definition) is 2. The van der Waals surface area contributed by atoms with Gasteiger partial charge in [-0.05, 0) is 6.42 Å². The molecule has 36 heavy (non-hydrogen) atoms. The molecule has 0 radical (unpaired) electrons. The zero-order chi connectivity index (χ0) is 26.2. The van der Waals surface area contributed by atoms with Crippen molar-refractivity contribution in [2.24, 2.45) is 0 Å². The molecule has 0 saturated heterocycles. The van der Waals surface area contributed by atoms with Gasteiger partial charge in [0.2, 0.25) is 0 Å². The van der Waals surface area contributed by atoms with E-state index in [2.05, 4.69) is 6.92 Å². The maximum absolute atomic E-state index is 9.31. The van der Waals surface area contributed by atoms with Gasteiger partial charge in [-0.2, -0.15) is 0 Å². The Morgan fingerprint density at radius 1 is 0.333 bits per heavy atom. The van der Waals surface area contributed by atoms with E-state index in [-0.39, 0.29) is 6.61 Å². The molecule has 0 heterocycles. The van der Waals surface area contributed by atoms with Crippen molar-refractivity contribution in [2.75, 3.05) is 6.61 Å². The second-order valence-electron chi connectivity index (χ2n) is 11.9. The lowest BCUT2D eigenvalue weighted by Crippen LogP contribution is -2.10. The topological polar surface area (TPSA) is 40.5 Å². The Hall–Kier alpha value is -0.0800. The van der Waals surface area contributed by atoms with E-state index >= 15 is 0 Å². The average molecular weight is 511 g/mol. The van der Waals surface area contributed by atoms with Crippen LogP contribution in [0.15, 0.2) is 0 Å². The molecule has 1 unspecified atom stereocenters. The molecule has 1 atom stereocenters. The van der Waals surface area contributed by atoms with Crippen molar-refractivity contribution in [1.29, 1.82) is 0 Å². The van der Waals surface area contributed by atoms with Gasteiger partial charge >= 0.3 is 0 Å². The summed E-state index contributed by atoms with van der Waals surface area (Å²) in [5.74, 6) is 0. The molecule has 0 saturated carbocycles. The predicted molar refractivity (Wildman–Crippen MR) is 162 cm³/mol. The zero-order valence-electron chi connectivity index (χ0n) is 25.1. The van der Waals surface area contributed by atoms with E-state index in [0.29, 0.717) is 0 Å². The van der Waals surface area contributed by atoms with Crippen LogP contribution < -0.4 is 0 Å². The van der Waals surface area contributed by atoms with E-state index in [0.717, 1.165) is 12.8 Å². The van der Waals surface area contributed by atoms with Gasteiger partial charge in [0.15, 0.2) is 0 Å². The minimum absolute atomic E-state index is 0.0838. The van der Waals surface area contributed by atoms with Gasteiger partial charge in [0, 0.05) is 0 Å². The SMILES string of the molecule is CCCCCCCCCCCCCCCCCCCCCCCCCCCCCCCCC(O)CO. The minimum Gasteiger partial charge on any atom is -0.394 e. The summed E-state index contributed by atoms with van der Waals surface area (Å²) >= 11 is 0. The summed E-state index contributed by atoms with van der Waals surface area (Å²) in [5, 5.41) is 18.1. The lowest BCUT2D eigenvalue weighted by molar-refractivity contribution is 0.0860. The summed E-state index contributed by atoms with van der Waals surface area (Å²) in [6.07, 6.45) is 43.0. The van der Waals surface area contributed by atoms with Crippen LogP contribution in [-0.4, -0.2) is 22.9 Å². The Labute approximate surface area is 228 Å². The van der Waals surface area contributed by atoms with Crippen LogP contribution in [0.5, 0.6) is 0 Å². The molecule has 0 spiro atoms. The third-order valence-corrected chi connectivity index (χ3v) is 8.10. The van der Waals surface area contributed by atoms with E-state index in [1.807, 2.05) is 0 Å². The fourth-order valence-electron chi connectivity index (χ4n) is 5.49. The second-order valence-corrected chi connectivity index (χ2v) is 11.9. The summed E-state index contributed by atoms with van der Waals surface area (Å²) in [7, 11) is 0. The number of hydrogen-bond acceptors (Lipinski definition) is 2. The first-order chi connectivity index (χ1) is 17.8. The number of aliphatic hydroxyl groups excluding tert-OH is 2. The average Bonchev–Trinajstić information content (AvgIpc) is 2.89. The first-order valence-corrected chi connectivity index (χ1v) is 17.1. The highest BCUT2D eigenvalue weighted by Gasteiger charge is 2.01. The van der Waals surface area contributed by atoms with Gasteiger partial charge in [0.25, 0.3) is 0 Å². The monoisotopic (exact) mass is 511 g/mol. The molecule has 2 heteroatoms. The van der Waals surface area contributed by atoms with Gasteiger partial charge in [-0.25, -0.2) is 0 Å². The molecule has 218 valence electrons. The highest BCUT2D eigenvalue weighted by atomic mass is 16.3. The van der Waals surface area contributed by atoms with E-state index in [4.69, 9.17) is 5.11 Å². The molecule has 0 aromatic rings. The van der Waals surface area contributed by atoms with Crippen molar-refractivity contribution in [3.8, 4) is 0 Å². The quantitative estimate of drug-likeness (QED) is 0.0883. The molecule has 0 bridgehead atoms. The van der Waals surface area contributed by atoms with E-state index in [1.54, 1.807) is 0 Å². The smallest absolute Gasteiger partial charge is 0.0770 e. The molecule has 0 aliphatic rings. The Bertz CT molecular complexity index is 370. The van der Waals surface area contributed by atoms with Crippen LogP contribution in [0.25, 0.3) is 0 Å². The lowest BCUT2D eigenvalue weighted by atomic mass is 10.0. The van der Waals surface area contributed by atoms with E-state index < -0.39 is 6.10 Å². The molecule has 0 fully saturated rings. The van der Waals surface area contributed by atoms with Crippen molar-refractivity contribution < 1.29 is 10.2 Å². The van der Waals surface area contributed by atoms with Gasteiger partial charge < -0.3 is 10.2 Å². The van der Waals surface area contributed by atoms with Gasteiger partial charge in [-0.3, -0.25) is 0 Å². The molecule has 0 aliphatic carbocycles. The first kappa shape index (κ1) is 35.9. The Balaban J connectivity index is 3.02. The van der Waals surface area contributed by atoms with Crippen LogP contribution in [0.4, 0.5) is 0 Å².